The van der Waals surface area contributed by atoms with Crippen molar-refractivity contribution in [3.8, 4) is 0 Å². The van der Waals surface area contributed by atoms with Gasteiger partial charge in [0.1, 0.15) is 0 Å². The Balaban J connectivity index is 1.57. The number of fused-ring (bicyclic) bond motifs is 3. The van der Waals surface area contributed by atoms with Gasteiger partial charge in [-0.2, -0.15) is 0 Å². The molecule has 0 heterocycles. The minimum Gasteiger partial charge on any atom is -0.388 e. The van der Waals surface area contributed by atoms with Gasteiger partial charge in [-0.1, -0.05) is 19.4 Å². The van der Waals surface area contributed by atoms with Crippen molar-refractivity contribution in [2.45, 2.75) is 64.4 Å². The van der Waals surface area contributed by atoms with E-state index in [1.54, 1.807) is 0 Å². The van der Waals surface area contributed by atoms with Crippen molar-refractivity contribution in [2.75, 3.05) is 5.88 Å². The van der Waals surface area contributed by atoms with Gasteiger partial charge in [-0.15, -0.1) is 11.6 Å². The van der Waals surface area contributed by atoms with Crippen LogP contribution in [0.1, 0.15) is 58.8 Å². The van der Waals surface area contributed by atoms with Gasteiger partial charge in [0.15, 0.2) is 5.78 Å². The summed E-state index contributed by atoms with van der Waals surface area (Å²) in [5.74, 6) is 4.11. The minimum absolute atomic E-state index is 0.00640. The predicted molar refractivity (Wildman–Crippen MR) is 94.7 cm³/mol. The highest BCUT2D eigenvalue weighted by Gasteiger charge is 2.81. The quantitative estimate of drug-likeness (QED) is 0.715. The first-order chi connectivity index (χ1) is 11.4. The molecule has 0 unspecified atom stereocenters. The van der Waals surface area contributed by atoms with Gasteiger partial charge in [-0.3, -0.25) is 4.79 Å². The smallest absolute Gasteiger partial charge is 0.155 e. The van der Waals surface area contributed by atoms with Crippen molar-refractivity contribution in [2.24, 2.45) is 40.4 Å². The van der Waals surface area contributed by atoms with Crippen LogP contribution in [0.5, 0.6) is 0 Å². The summed E-state index contributed by atoms with van der Waals surface area (Å²) in [5, 5.41) is 11.3. The Morgan fingerprint density at radius 3 is 2.88 bits per heavy atom. The number of hydrogen-bond donors (Lipinski definition) is 1. The van der Waals surface area contributed by atoms with Crippen molar-refractivity contribution in [1.29, 1.82) is 0 Å². The third kappa shape index (κ3) is 1.62. The molecule has 0 radical (unpaired) electrons. The summed E-state index contributed by atoms with van der Waals surface area (Å²) in [6, 6.07) is 0. The van der Waals surface area contributed by atoms with Crippen LogP contribution in [-0.2, 0) is 4.79 Å². The molecule has 3 heteroatoms. The molecule has 0 aromatic carbocycles. The lowest BCUT2D eigenvalue weighted by molar-refractivity contribution is -0.143. The lowest BCUT2D eigenvalue weighted by Crippen LogP contribution is -2.58. The van der Waals surface area contributed by atoms with Gasteiger partial charge in [0.2, 0.25) is 0 Å². The van der Waals surface area contributed by atoms with Crippen molar-refractivity contribution >= 4 is 17.4 Å². The molecule has 8 atom stereocenters. The third-order valence-electron chi connectivity index (χ3n) is 9.26. The number of aliphatic hydroxyl groups is 1. The molecule has 0 aliphatic heterocycles. The maximum absolute atomic E-state index is 11.9. The van der Waals surface area contributed by atoms with Gasteiger partial charge >= 0.3 is 0 Å². The molecule has 5 rings (SSSR count). The van der Waals surface area contributed by atoms with Crippen LogP contribution in [0, 0.1) is 40.4 Å². The monoisotopic (exact) mass is 348 g/mol. The molecule has 5 aliphatic rings. The second-order valence-corrected chi connectivity index (χ2v) is 10.2. The van der Waals surface area contributed by atoms with Gasteiger partial charge < -0.3 is 5.11 Å². The lowest BCUT2D eigenvalue weighted by Gasteiger charge is -2.59. The summed E-state index contributed by atoms with van der Waals surface area (Å²) in [7, 11) is 0. The summed E-state index contributed by atoms with van der Waals surface area (Å²) in [6.07, 6.45) is 9.42. The van der Waals surface area contributed by atoms with E-state index in [9.17, 15) is 9.90 Å². The number of carbonyl (C=O) groups excluding carboxylic acids is 1. The van der Waals surface area contributed by atoms with Crippen LogP contribution in [0.25, 0.3) is 0 Å². The molecule has 0 amide bonds. The van der Waals surface area contributed by atoms with Crippen molar-refractivity contribution in [3.05, 3.63) is 11.6 Å². The Labute approximate surface area is 150 Å². The average Bonchev–Trinajstić information content (AvgIpc) is 3.19. The van der Waals surface area contributed by atoms with Crippen molar-refractivity contribution in [1.82, 2.24) is 0 Å². The molecule has 4 fully saturated rings. The van der Waals surface area contributed by atoms with E-state index in [4.69, 9.17) is 11.6 Å². The molecule has 4 saturated carbocycles. The summed E-state index contributed by atoms with van der Waals surface area (Å²) < 4.78 is 0. The summed E-state index contributed by atoms with van der Waals surface area (Å²) in [5.41, 5.74) is 1.10. The molecule has 1 N–H and O–H groups in total. The van der Waals surface area contributed by atoms with E-state index in [2.05, 4.69) is 13.8 Å². The van der Waals surface area contributed by atoms with E-state index in [-0.39, 0.29) is 5.41 Å². The van der Waals surface area contributed by atoms with Crippen molar-refractivity contribution in [3.63, 3.8) is 0 Å². The third-order valence-corrected chi connectivity index (χ3v) is 9.70. The topological polar surface area (TPSA) is 37.3 Å². The van der Waals surface area contributed by atoms with E-state index in [0.29, 0.717) is 40.7 Å². The molecule has 2 nitrogen and oxygen atoms in total. The molecule has 0 aromatic rings. The summed E-state index contributed by atoms with van der Waals surface area (Å²) in [4.78, 5) is 11.9. The summed E-state index contributed by atoms with van der Waals surface area (Å²) >= 11 is 6.28. The van der Waals surface area contributed by atoms with Crippen LogP contribution in [0.2, 0.25) is 0 Å². The highest BCUT2D eigenvalue weighted by molar-refractivity contribution is 6.18. The Morgan fingerprint density at radius 2 is 2.12 bits per heavy atom. The molecule has 0 aromatic heterocycles. The Hall–Kier alpha value is -0.340. The van der Waals surface area contributed by atoms with Crippen LogP contribution < -0.4 is 0 Å². The first-order valence-electron chi connectivity index (χ1n) is 9.88. The molecule has 1 spiro atoms. The number of carbonyl (C=O) groups is 1. The first-order valence-corrected chi connectivity index (χ1v) is 10.4. The molecule has 0 bridgehead atoms. The Bertz CT molecular complexity index is 642. The zero-order valence-electron chi connectivity index (χ0n) is 14.9. The van der Waals surface area contributed by atoms with E-state index < -0.39 is 5.60 Å². The lowest BCUT2D eigenvalue weighted by atomic mass is 9.46. The van der Waals surface area contributed by atoms with E-state index >= 15 is 0 Å². The molecule has 24 heavy (non-hydrogen) atoms. The second-order valence-electron chi connectivity index (χ2n) is 9.88. The van der Waals surface area contributed by atoms with E-state index in [0.717, 1.165) is 38.0 Å². The van der Waals surface area contributed by atoms with Gasteiger partial charge in [0, 0.05) is 11.8 Å². The molecular weight excluding hydrogens is 320 g/mol. The number of alkyl halides is 1. The van der Waals surface area contributed by atoms with Crippen LogP contribution in [0.3, 0.4) is 0 Å². The van der Waals surface area contributed by atoms with Gasteiger partial charge in [0.05, 0.1) is 11.5 Å². The first kappa shape index (κ1) is 15.9. The van der Waals surface area contributed by atoms with Crippen molar-refractivity contribution < 1.29 is 9.90 Å². The molecule has 5 aliphatic carbocycles. The minimum atomic E-state index is -0.666. The SMILES string of the molecule is C[C@@H]1CC2=CC(=O)CC[C@@H]2[C@H]2CC[C@]3(C)[C@](O)(CCl)C[C@@H]4C[C@]43[C@@H]21. The maximum Gasteiger partial charge on any atom is 0.155 e. The van der Waals surface area contributed by atoms with Gasteiger partial charge in [-0.05, 0) is 79.6 Å². The standard InChI is InChI=1S/C21H29ClO2/c1-12-7-13-8-15(23)3-4-16(13)17-5-6-19(2)20(24,11-22)9-14-10-21(14,19)18(12)17/h8,12,14,16-18,24H,3-7,9-11H2,1-2H3/t12-,14-,16+,17-,18-,19-,20-,21-/m1/s1. The maximum atomic E-state index is 11.9. The average molecular weight is 349 g/mol. The Kier molecular flexibility index (Phi) is 3.10. The fraction of sp³-hybridized carbons (Fsp3) is 0.857. The second kappa shape index (κ2) is 4.68. The molecule has 132 valence electrons. The number of halogens is 1. The normalized spacial score (nSPS) is 58.2. The highest BCUT2D eigenvalue weighted by Crippen LogP contribution is 2.84. The number of allylic oxidation sites excluding steroid dienone is 1. The highest BCUT2D eigenvalue weighted by atomic mass is 35.5. The number of rotatable bonds is 1. The van der Waals surface area contributed by atoms with Gasteiger partial charge in [0.25, 0.3) is 0 Å². The van der Waals surface area contributed by atoms with Crippen LogP contribution in [0.4, 0.5) is 0 Å². The summed E-state index contributed by atoms with van der Waals surface area (Å²) in [6.45, 7) is 4.75. The fourth-order valence-electron chi connectivity index (χ4n) is 8.25. The Morgan fingerprint density at radius 1 is 1.33 bits per heavy atom. The van der Waals surface area contributed by atoms with Gasteiger partial charge in [-0.25, -0.2) is 0 Å². The predicted octanol–water partition coefficient (Wildman–Crippen LogP) is 4.34. The zero-order chi connectivity index (χ0) is 16.9. The largest absolute Gasteiger partial charge is 0.388 e. The molecule has 0 saturated heterocycles. The fourth-order valence-corrected chi connectivity index (χ4v) is 8.66. The van der Waals surface area contributed by atoms with Crippen LogP contribution >= 0.6 is 11.6 Å². The molecular formula is C21H29ClO2. The number of ketones is 1. The zero-order valence-corrected chi connectivity index (χ0v) is 15.6. The van der Waals surface area contributed by atoms with E-state index in [1.807, 2.05) is 6.08 Å². The van der Waals surface area contributed by atoms with Crippen LogP contribution in [0.15, 0.2) is 11.6 Å². The van der Waals surface area contributed by atoms with Crippen LogP contribution in [-0.4, -0.2) is 22.4 Å². The van der Waals surface area contributed by atoms with E-state index in [1.165, 1.54) is 18.4 Å². The number of hydrogen-bond acceptors (Lipinski definition) is 2.